The van der Waals surface area contributed by atoms with Gasteiger partial charge in [0.25, 0.3) is 0 Å². The van der Waals surface area contributed by atoms with Crippen LogP contribution in [0.15, 0.2) is 5.38 Å². The topological polar surface area (TPSA) is 28.2 Å². The lowest BCUT2D eigenvalue weighted by Crippen LogP contribution is -2.36. The molecular formula is C11H21N3S. The summed E-state index contributed by atoms with van der Waals surface area (Å²) in [5.74, 6) is 0. The molecule has 0 bridgehead atoms. The lowest BCUT2D eigenvalue weighted by atomic mass is 10.2. The summed E-state index contributed by atoms with van der Waals surface area (Å²) in [7, 11) is 4.20. The van der Waals surface area contributed by atoms with Crippen LogP contribution in [0, 0.1) is 6.92 Å². The number of aromatic nitrogens is 1. The zero-order valence-electron chi connectivity index (χ0n) is 10.2. The van der Waals surface area contributed by atoms with Crippen molar-refractivity contribution in [2.75, 3.05) is 20.6 Å². The molecule has 15 heavy (non-hydrogen) atoms. The van der Waals surface area contributed by atoms with E-state index in [-0.39, 0.29) is 0 Å². The predicted molar refractivity (Wildman–Crippen MR) is 66.4 cm³/mol. The van der Waals surface area contributed by atoms with Gasteiger partial charge in [0.05, 0.1) is 10.7 Å². The van der Waals surface area contributed by atoms with E-state index in [1.165, 1.54) is 0 Å². The summed E-state index contributed by atoms with van der Waals surface area (Å²) in [4.78, 5) is 6.69. The van der Waals surface area contributed by atoms with Gasteiger partial charge in [0, 0.05) is 24.0 Å². The molecule has 86 valence electrons. The second-order valence-corrected chi connectivity index (χ2v) is 5.30. The van der Waals surface area contributed by atoms with Crippen molar-refractivity contribution in [3.63, 3.8) is 0 Å². The maximum absolute atomic E-state index is 4.48. The summed E-state index contributed by atoms with van der Waals surface area (Å²) in [5, 5.41) is 6.77. The Morgan fingerprint density at radius 3 is 2.60 bits per heavy atom. The SMILES string of the molecule is Cc1nc(C(C)NCC(C)N(C)C)cs1. The van der Waals surface area contributed by atoms with Gasteiger partial charge in [-0.15, -0.1) is 11.3 Å². The normalized spacial score (nSPS) is 15.6. The molecule has 1 N–H and O–H groups in total. The molecular weight excluding hydrogens is 206 g/mol. The first-order chi connectivity index (χ1) is 7.00. The monoisotopic (exact) mass is 227 g/mol. The standard InChI is InChI=1S/C11H21N3S/c1-8(14(4)5)6-12-9(2)11-7-15-10(3)13-11/h7-9,12H,6H2,1-5H3. The summed E-state index contributed by atoms with van der Waals surface area (Å²) in [6.07, 6.45) is 0. The summed E-state index contributed by atoms with van der Waals surface area (Å²) in [6.45, 7) is 7.41. The Morgan fingerprint density at radius 1 is 1.47 bits per heavy atom. The number of thiazole rings is 1. The Bertz CT molecular complexity index is 296. The minimum Gasteiger partial charge on any atom is -0.307 e. The third-order valence-corrected chi connectivity index (χ3v) is 3.47. The van der Waals surface area contributed by atoms with Gasteiger partial charge in [-0.3, -0.25) is 0 Å². The molecule has 1 aromatic rings. The Kier molecular flexibility index (Phi) is 4.70. The van der Waals surface area contributed by atoms with Gasteiger partial charge >= 0.3 is 0 Å². The van der Waals surface area contributed by atoms with E-state index in [0.717, 1.165) is 17.2 Å². The first-order valence-electron chi connectivity index (χ1n) is 5.32. The van der Waals surface area contributed by atoms with Crippen molar-refractivity contribution in [2.45, 2.75) is 32.9 Å². The number of rotatable bonds is 5. The largest absolute Gasteiger partial charge is 0.307 e. The van der Waals surface area contributed by atoms with E-state index in [4.69, 9.17) is 0 Å². The van der Waals surface area contributed by atoms with E-state index >= 15 is 0 Å². The molecule has 0 radical (unpaired) electrons. The minimum atomic E-state index is 0.345. The van der Waals surface area contributed by atoms with Gasteiger partial charge in [-0.2, -0.15) is 0 Å². The summed E-state index contributed by atoms with van der Waals surface area (Å²) in [5.41, 5.74) is 1.16. The van der Waals surface area contributed by atoms with Crippen LogP contribution in [0.5, 0.6) is 0 Å². The second-order valence-electron chi connectivity index (χ2n) is 4.23. The van der Waals surface area contributed by atoms with Crippen LogP contribution in [0.1, 0.15) is 30.6 Å². The van der Waals surface area contributed by atoms with Gasteiger partial charge < -0.3 is 10.2 Å². The molecule has 0 aliphatic heterocycles. The summed E-state index contributed by atoms with van der Waals surface area (Å²) in [6, 6.07) is 0.893. The van der Waals surface area contributed by atoms with Crippen molar-refractivity contribution in [3.8, 4) is 0 Å². The number of nitrogens with zero attached hydrogens (tertiary/aromatic N) is 2. The molecule has 0 spiro atoms. The number of hydrogen-bond acceptors (Lipinski definition) is 4. The van der Waals surface area contributed by atoms with E-state index in [1.54, 1.807) is 11.3 Å². The Hall–Kier alpha value is -0.450. The summed E-state index contributed by atoms with van der Waals surface area (Å²) < 4.78 is 0. The lowest BCUT2D eigenvalue weighted by Gasteiger charge is -2.22. The van der Waals surface area contributed by atoms with Gasteiger partial charge in [-0.1, -0.05) is 0 Å². The number of nitrogens with one attached hydrogen (secondary N) is 1. The third-order valence-electron chi connectivity index (χ3n) is 2.68. The van der Waals surface area contributed by atoms with Crippen LogP contribution in [0.25, 0.3) is 0 Å². The minimum absolute atomic E-state index is 0.345. The van der Waals surface area contributed by atoms with E-state index in [0.29, 0.717) is 12.1 Å². The average Bonchev–Trinajstić information content (AvgIpc) is 2.60. The zero-order chi connectivity index (χ0) is 11.4. The fraction of sp³-hybridized carbons (Fsp3) is 0.727. The molecule has 0 amide bonds. The molecule has 3 nitrogen and oxygen atoms in total. The average molecular weight is 227 g/mol. The van der Waals surface area contributed by atoms with Crippen LogP contribution in [0.2, 0.25) is 0 Å². The van der Waals surface area contributed by atoms with Gasteiger partial charge in [-0.05, 0) is 34.9 Å². The van der Waals surface area contributed by atoms with E-state index in [9.17, 15) is 0 Å². The Labute approximate surface area is 96.5 Å². The molecule has 0 aromatic carbocycles. The molecule has 1 heterocycles. The maximum atomic E-state index is 4.48. The van der Waals surface area contributed by atoms with Crippen LogP contribution in [0.3, 0.4) is 0 Å². The zero-order valence-corrected chi connectivity index (χ0v) is 11.1. The number of likely N-dealkylation sites (N-methyl/N-ethyl adjacent to an activating group) is 1. The van der Waals surface area contributed by atoms with Crippen molar-refractivity contribution in [1.29, 1.82) is 0 Å². The first-order valence-corrected chi connectivity index (χ1v) is 6.20. The molecule has 0 saturated heterocycles. The highest BCUT2D eigenvalue weighted by Crippen LogP contribution is 2.15. The van der Waals surface area contributed by atoms with Crippen molar-refractivity contribution in [3.05, 3.63) is 16.1 Å². The predicted octanol–water partition coefficient (Wildman–Crippen LogP) is 2.05. The second kappa shape index (κ2) is 5.58. The number of hydrogen-bond donors (Lipinski definition) is 1. The Balaban J connectivity index is 2.39. The molecule has 4 heteroatoms. The van der Waals surface area contributed by atoms with Crippen molar-refractivity contribution < 1.29 is 0 Å². The van der Waals surface area contributed by atoms with Crippen molar-refractivity contribution in [2.24, 2.45) is 0 Å². The highest BCUT2D eigenvalue weighted by Gasteiger charge is 2.10. The first kappa shape index (κ1) is 12.6. The highest BCUT2D eigenvalue weighted by atomic mass is 32.1. The van der Waals surface area contributed by atoms with Gasteiger partial charge in [0.15, 0.2) is 0 Å². The van der Waals surface area contributed by atoms with Gasteiger partial charge in [0.2, 0.25) is 0 Å². The van der Waals surface area contributed by atoms with E-state index < -0.39 is 0 Å². The molecule has 2 unspecified atom stereocenters. The highest BCUT2D eigenvalue weighted by molar-refractivity contribution is 7.09. The quantitative estimate of drug-likeness (QED) is 0.834. The van der Waals surface area contributed by atoms with Crippen LogP contribution in [-0.2, 0) is 0 Å². The van der Waals surface area contributed by atoms with Crippen LogP contribution < -0.4 is 5.32 Å². The third kappa shape index (κ3) is 3.89. The lowest BCUT2D eigenvalue weighted by molar-refractivity contribution is 0.295. The number of aryl methyl sites for hydroxylation is 1. The van der Waals surface area contributed by atoms with Gasteiger partial charge in [-0.25, -0.2) is 4.98 Å². The van der Waals surface area contributed by atoms with Crippen LogP contribution in [-0.4, -0.2) is 36.6 Å². The molecule has 1 aromatic heterocycles. The fourth-order valence-corrected chi connectivity index (χ4v) is 1.92. The molecule has 2 atom stereocenters. The molecule has 0 saturated carbocycles. The summed E-state index contributed by atoms with van der Waals surface area (Å²) >= 11 is 1.71. The van der Waals surface area contributed by atoms with Gasteiger partial charge in [0.1, 0.15) is 0 Å². The maximum Gasteiger partial charge on any atom is 0.0898 e. The van der Waals surface area contributed by atoms with Crippen molar-refractivity contribution >= 4 is 11.3 Å². The molecule has 0 fully saturated rings. The van der Waals surface area contributed by atoms with E-state index in [1.807, 2.05) is 6.92 Å². The van der Waals surface area contributed by atoms with Crippen molar-refractivity contribution in [1.82, 2.24) is 15.2 Å². The smallest absolute Gasteiger partial charge is 0.0898 e. The van der Waals surface area contributed by atoms with Crippen LogP contribution >= 0.6 is 11.3 Å². The van der Waals surface area contributed by atoms with Crippen LogP contribution in [0.4, 0.5) is 0 Å². The molecule has 1 rings (SSSR count). The Morgan fingerprint density at radius 2 is 2.13 bits per heavy atom. The molecule has 0 aliphatic carbocycles. The van der Waals surface area contributed by atoms with E-state index in [2.05, 4.69) is 48.5 Å². The fourth-order valence-electron chi connectivity index (χ4n) is 1.21. The molecule has 0 aliphatic rings.